The summed E-state index contributed by atoms with van der Waals surface area (Å²) in [6.07, 6.45) is 2.78. The van der Waals surface area contributed by atoms with Gasteiger partial charge in [0.25, 0.3) is 0 Å². The van der Waals surface area contributed by atoms with Gasteiger partial charge in [-0.25, -0.2) is 4.79 Å². The molecule has 1 saturated heterocycles. The molecule has 1 heterocycles. The van der Waals surface area contributed by atoms with E-state index < -0.39 is 12.6 Å². The van der Waals surface area contributed by atoms with Gasteiger partial charge in [0.05, 0.1) is 0 Å². The number of hydrogen-bond donors (Lipinski definition) is 3. The molecule has 0 bridgehead atoms. The van der Waals surface area contributed by atoms with Crippen LogP contribution in [0, 0.1) is 0 Å². The average Bonchev–Trinajstić information content (AvgIpc) is 2.43. The number of aliphatic carboxylic acids is 1. The van der Waals surface area contributed by atoms with Crippen molar-refractivity contribution in [1.82, 2.24) is 5.32 Å². The monoisotopic (exact) mass is 147 g/mol. The standard InChI is InChI=1S/C4H9N.C2H4O3/c1-2-4-5-3-1;3-1-2(4)5/h5H,1-4H2;3H,1H2,(H,4,5). The summed E-state index contributed by atoms with van der Waals surface area (Å²) in [5.41, 5.74) is 0. The summed E-state index contributed by atoms with van der Waals surface area (Å²) >= 11 is 0. The third kappa shape index (κ3) is 7.39. The lowest BCUT2D eigenvalue weighted by Gasteiger charge is -1.76. The van der Waals surface area contributed by atoms with Crippen LogP contribution in [-0.4, -0.2) is 35.9 Å². The number of hydrogen-bond acceptors (Lipinski definition) is 3. The minimum absolute atomic E-state index is 0.778. The first-order valence-electron chi connectivity index (χ1n) is 3.30. The van der Waals surface area contributed by atoms with Crippen LogP contribution in [0.2, 0.25) is 0 Å². The van der Waals surface area contributed by atoms with E-state index in [2.05, 4.69) is 5.32 Å². The molecule has 10 heavy (non-hydrogen) atoms. The van der Waals surface area contributed by atoms with E-state index in [0.717, 1.165) is 0 Å². The maximum absolute atomic E-state index is 9.12. The Bertz CT molecular complexity index is 83.4. The highest BCUT2D eigenvalue weighted by Crippen LogP contribution is 1.90. The van der Waals surface area contributed by atoms with Gasteiger partial charge in [0, 0.05) is 0 Å². The van der Waals surface area contributed by atoms with Crippen LogP contribution in [-0.2, 0) is 4.79 Å². The van der Waals surface area contributed by atoms with Gasteiger partial charge in [-0.3, -0.25) is 0 Å². The van der Waals surface area contributed by atoms with E-state index in [0.29, 0.717) is 0 Å². The second kappa shape index (κ2) is 6.51. The van der Waals surface area contributed by atoms with E-state index in [1.807, 2.05) is 0 Å². The summed E-state index contributed by atoms with van der Waals surface area (Å²) in [4.78, 5) is 9.12. The molecule has 0 radical (unpaired) electrons. The molecule has 0 saturated carbocycles. The summed E-state index contributed by atoms with van der Waals surface area (Å²) in [5.74, 6) is -1.19. The van der Waals surface area contributed by atoms with Crippen molar-refractivity contribution in [2.24, 2.45) is 0 Å². The van der Waals surface area contributed by atoms with Gasteiger partial charge in [-0.1, -0.05) is 0 Å². The van der Waals surface area contributed by atoms with Gasteiger partial charge in [0.2, 0.25) is 0 Å². The first-order chi connectivity index (χ1) is 4.77. The largest absolute Gasteiger partial charge is 0.480 e. The first-order valence-corrected chi connectivity index (χ1v) is 3.30. The zero-order valence-electron chi connectivity index (χ0n) is 5.84. The van der Waals surface area contributed by atoms with E-state index in [9.17, 15) is 0 Å². The predicted molar refractivity (Wildman–Crippen MR) is 36.8 cm³/mol. The van der Waals surface area contributed by atoms with Crippen LogP contribution in [0.5, 0.6) is 0 Å². The van der Waals surface area contributed by atoms with Gasteiger partial charge in [-0.15, -0.1) is 0 Å². The molecule has 0 aromatic carbocycles. The molecule has 1 aliphatic heterocycles. The zero-order chi connectivity index (χ0) is 7.82. The van der Waals surface area contributed by atoms with Crippen molar-refractivity contribution in [3.05, 3.63) is 0 Å². The molecule has 0 unspecified atom stereocenters. The van der Waals surface area contributed by atoms with E-state index in [1.165, 1.54) is 25.9 Å². The lowest BCUT2D eigenvalue weighted by molar-refractivity contribution is -0.140. The van der Waals surface area contributed by atoms with Crippen molar-refractivity contribution in [3.8, 4) is 0 Å². The van der Waals surface area contributed by atoms with Crippen LogP contribution >= 0.6 is 0 Å². The SMILES string of the molecule is C1CCNC1.O=C(O)CO. The van der Waals surface area contributed by atoms with E-state index >= 15 is 0 Å². The van der Waals surface area contributed by atoms with Gasteiger partial charge in [0.1, 0.15) is 6.61 Å². The highest BCUT2D eigenvalue weighted by molar-refractivity contribution is 5.67. The predicted octanol–water partition coefficient (Wildman–Crippen LogP) is -0.567. The van der Waals surface area contributed by atoms with E-state index in [-0.39, 0.29) is 0 Å². The second-order valence-corrected chi connectivity index (χ2v) is 2.01. The van der Waals surface area contributed by atoms with Gasteiger partial charge in [-0.05, 0) is 25.9 Å². The van der Waals surface area contributed by atoms with Crippen molar-refractivity contribution >= 4 is 5.97 Å². The Morgan fingerprint density at radius 3 is 1.90 bits per heavy atom. The highest BCUT2D eigenvalue weighted by atomic mass is 16.4. The third-order valence-corrected chi connectivity index (χ3v) is 1.09. The summed E-state index contributed by atoms with van der Waals surface area (Å²) < 4.78 is 0. The Labute approximate surface area is 59.9 Å². The van der Waals surface area contributed by atoms with Crippen molar-refractivity contribution < 1.29 is 15.0 Å². The van der Waals surface area contributed by atoms with Crippen molar-refractivity contribution in [2.45, 2.75) is 12.8 Å². The minimum atomic E-state index is -1.19. The fourth-order valence-electron chi connectivity index (χ4n) is 0.625. The quantitative estimate of drug-likeness (QED) is 0.464. The zero-order valence-corrected chi connectivity index (χ0v) is 5.84. The highest BCUT2D eigenvalue weighted by Gasteiger charge is 1.93. The molecule has 0 amide bonds. The maximum Gasteiger partial charge on any atom is 0.329 e. The molecule has 4 heteroatoms. The number of aliphatic hydroxyl groups is 1. The molecule has 0 aromatic heterocycles. The van der Waals surface area contributed by atoms with Crippen LogP contribution in [0.1, 0.15) is 12.8 Å². The summed E-state index contributed by atoms with van der Waals surface area (Å²) in [5, 5.41) is 18.2. The number of carboxylic acids is 1. The molecule has 0 atom stereocenters. The van der Waals surface area contributed by atoms with Gasteiger partial charge in [0.15, 0.2) is 0 Å². The average molecular weight is 147 g/mol. The Balaban J connectivity index is 0.000000162. The molecular weight excluding hydrogens is 134 g/mol. The number of aliphatic hydroxyl groups excluding tert-OH is 1. The van der Waals surface area contributed by atoms with Crippen molar-refractivity contribution in [3.63, 3.8) is 0 Å². The molecular formula is C6H13NO3. The molecule has 60 valence electrons. The third-order valence-electron chi connectivity index (χ3n) is 1.09. The molecule has 4 nitrogen and oxygen atoms in total. The lowest BCUT2D eigenvalue weighted by atomic mass is 10.4. The summed E-state index contributed by atoms with van der Waals surface area (Å²) in [6.45, 7) is 1.72. The van der Waals surface area contributed by atoms with Gasteiger partial charge >= 0.3 is 5.97 Å². The van der Waals surface area contributed by atoms with E-state index in [1.54, 1.807) is 0 Å². The summed E-state index contributed by atoms with van der Waals surface area (Å²) in [7, 11) is 0. The van der Waals surface area contributed by atoms with E-state index in [4.69, 9.17) is 15.0 Å². The molecule has 1 fully saturated rings. The summed E-state index contributed by atoms with van der Waals surface area (Å²) in [6, 6.07) is 0. The Kier molecular flexibility index (Phi) is 6.11. The molecule has 1 aliphatic rings. The van der Waals surface area contributed by atoms with Crippen LogP contribution in [0.4, 0.5) is 0 Å². The van der Waals surface area contributed by atoms with Crippen LogP contribution in [0.15, 0.2) is 0 Å². The normalized spacial score (nSPS) is 15.7. The first kappa shape index (κ1) is 9.39. The number of carbonyl (C=O) groups is 1. The van der Waals surface area contributed by atoms with Crippen LogP contribution in [0.3, 0.4) is 0 Å². The second-order valence-electron chi connectivity index (χ2n) is 2.01. The minimum Gasteiger partial charge on any atom is -0.480 e. The fraction of sp³-hybridized carbons (Fsp3) is 0.833. The van der Waals surface area contributed by atoms with Crippen LogP contribution in [0.25, 0.3) is 0 Å². The fourth-order valence-corrected chi connectivity index (χ4v) is 0.625. The molecule has 3 N–H and O–H groups in total. The Morgan fingerprint density at radius 2 is 1.80 bits per heavy atom. The number of nitrogens with one attached hydrogen (secondary N) is 1. The molecule has 1 rings (SSSR count). The Hall–Kier alpha value is -0.610. The van der Waals surface area contributed by atoms with Crippen LogP contribution < -0.4 is 5.32 Å². The van der Waals surface area contributed by atoms with Gasteiger partial charge in [-0.2, -0.15) is 0 Å². The topological polar surface area (TPSA) is 69.6 Å². The maximum atomic E-state index is 9.12. The van der Waals surface area contributed by atoms with Gasteiger partial charge < -0.3 is 15.5 Å². The molecule has 0 spiro atoms. The Morgan fingerprint density at radius 1 is 1.40 bits per heavy atom. The molecule has 0 aromatic rings. The number of rotatable bonds is 1. The smallest absolute Gasteiger partial charge is 0.329 e. The molecule has 0 aliphatic carbocycles. The number of carboxylic acid groups (broad SMARTS) is 1. The van der Waals surface area contributed by atoms with Crippen molar-refractivity contribution in [1.29, 1.82) is 0 Å². The lowest BCUT2D eigenvalue weighted by Crippen LogP contribution is -2.03. The van der Waals surface area contributed by atoms with Crippen molar-refractivity contribution in [2.75, 3.05) is 19.7 Å².